The predicted molar refractivity (Wildman–Crippen MR) is 74.3 cm³/mol. The Balaban J connectivity index is 1.90. The Kier molecular flexibility index (Phi) is 4.48. The van der Waals surface area contributed by atoms with Crippen LogP contribution in [0, 0.1) is 5.92 Å². The summed E-state index contributed by atoms with van der Waals surface area (Å²) >= 11 is 0. The van der Waals surface area contributed by atoms with Gasteiger partial charge in [-0.05, 0) is 58.5 Å². The van der Waals surface area contributed by atoms with Gasteiger partial charge < -0.3 is 5.32 Å². The van der Waals surface area contributed by atoms with Gasteiger partial charge in [-0.15, -0.1) is 0 Å². The van der Waals surface area contributed by atoms with Crippen molar-refractivity contribution in [1.82, 2.24) is 10.2 Å². The van der Waals surface area contributed by atoms with E-state index in [-0.39, 0.29) is 5.54 Å². The zero-order chi connectivity index (χ0) is 12.3. The van der Waals surface area contributed by atoms with Gasteiger partial charge in [-0.1, -0.05) is 19.8 Å². The largest absolute Gasteiger partial charge is 0.311 e. The van der Waals surface area contributed by atoms with Gasteiger partial charge in [0.2, 0.25) is 0 Å². The fraction of sp³-hybridized carbons (Fsp3) is 1.00. The number of hydrogen-bond donors (Lipinski definition) is 1. The Morgan fingerprint density at radius 3 is 2.47 bits per heavy atom. The van der Waals surface area contributed by atoms with Crippen molar-refractivity contribution in [3.63, 3.8) is 0 Å². The maximum atomic E-state index is 3.62. The topological polar surface area (TPSA) is 15.3 Å². The van der Waals surface area contributed by atoms with Crippen LogP contribution in [0.15, 0.2) is 0 Å². The Hall–Kier alpha value is -0.0800. The summed E-state index contributed by atoms with van der Waals surface area (Å²) < 4.78 is 0. The minimum absolute atomic E-state index is 0.274. The monoisotopic (exact) mass is 238 g/mol. The van der Waals surface area contributed by atoms with E-state index in [1.54, 1.807) is 0 Å². The average Bonchev–Trinajstić information content (AvgIpc) is 2.85. The molecule has 2 nitrogen and oxygen atoms in total. The summed E-state index contributed by atoms with van der Waals surface area (Å²) in [4.78, 5) is 2.78. The van der Waals surface area contributed by atoms with E-state index in [0.717, 1.165) is 18.5 Å². The molecule has 1 aliphatic heterocycles. The molecule has 0 radical (unpaired) electrons. The molecule has 0 spiro atoms. The van der Waals surface area contributed by atoms with Crippen molar-refractivity contribution in [1.29, 1.82) is 0 Å². The smallest absolute Gasteiger partial charge is 0.0252 e. The van der Waals surface area contributed by atoms with Crippen molar-refractivity contribution < 1.29 is 0 Å². The summed E-state index contributed by atoms with van der Waals surface area (Å²) in [5, 5.41) is 3.62. The molecule has 17 heavy (non-hydrogen) atoms. The molecule has 1 N–H and O–H groups in total. The standard InChI is InChI=1S/C15H30N2/c1-4-16-15(2,3)12-17-11-7-10-14(17)13-8-5-6-9-13/h13-14,16H,4-12H2,1-3H3. The minimum atomic E-state index is 0.274. The first kappa shape index (κ1) is 13.4. The van der Waals surface area contributed by atoms with Crippen molar-refractivity contribution in [3.05, 3.63) is 0 Å². The lowest BCUT2D eigenvalue weighted by molar-refractivity contribution is 0.148. The molecule has 0 bridgehead atoms. The Morgan fingerprint density at radius 2 is 1.82 bits per heavy atom. The molecule has 1 aliphatic carbocycles. The predicted octanol–water partition coefficient (Wildman–Crippen LogP) is 3.03. The highest BCUT2D eigenvalue weighted by Gasteiger charge is 2.35. The first-order valence-electron chi connectivity index (χ1n) is 7.61. The summed E-state index contributed by atoms with van der Waals surface area (Å²) in [6, 6.07) is 0.899. The van der Waals surface area contributed by atoms with Gasteiger partial charge in [0, 0.05) is 18.1 Å². The summed E-state index contributed by atoms with van der Waals surface area (Å²) in [7, 11) is 0. The van der Waals surface area contributed by atoms with Crippen LogP contribution < -0.4 is 5.32 Å². The van der Waals surface area contributed by atoms with Crippen LogP contribution in [0.3, 0.4) is 0 Å². The van der Waals surface area contributed by atoms with Gasteiger partial charge in [0.1, 0.15) is 0 Å². The van der Waals surface area contributed by atoms with Crippen molar-refractivity contribution in [2.24, 2.45) is 5.92 Å². The van der Waals surface area contributed by atoms with E-state index in [0.29, 0.717) is 0 Å². The fourth-order valence-electron chi connectivity index (χ4n) is 3.97. The number of likely N-dealkylation sites (N-methyl/N-ethyl adjacent to an activating group) is 1. The zero-order valence-electron chi connectivity index (χ0n) is 12.0. The van der Waals surface area contributed by atoms with E-state index in [1.807, 2.05) is 0 Å². The third kappa shape index (κ3) is 3.45. The van der Waals surface area contributed by atoms with E-state index in [1.165, 1.54) is 51.6 Å². The van der Waals surface area contributed by atoms with Gasteiger partial charge in [0.05, 0.1) is 0 Å². The molecule has 2 fully saturated rings. The van der Waals surface area contributed by atoms with E-state index in [2.05, 4.69) is 31.0 Å². The SMILES string of the molecule is CCNC(C)(C)CN1CCCC1C1CCCC1. The maximum absolute atomic E-state index is 3.62. The lowest BCUT2D eigenvalue weighted by atomic mass is 9.94. The third-order valence-corrected chi connectivity index (χ3v) is 4.61. The molecule has 2 heteroatoms. The molecule has 1 atom stereocenters. The molecule has 1 saturated carbocycles. The van der Waals surface area contributed by atoms with Crippen LogP contribution in [-0.2, 0) is 0 Å². The number of nitrogens with zero attached hydrogens (tertiary/aromatic N) is 1. The van der Waals surface area contributed by atoms with Crippen molar-refractivity contribution in [2.45, 2.75) is 70.9 Å². The first-order chi connectivity index (χ1) is 8.12. The molecular weight excluding hydrogens is 208 g/mol. The number of likely N-dealkylation sites (tertiary alicyclic amines) is 1. The molecule has 2 aliphatic rings. The molecule has 100 valence electrons. The zero-order valence-corrected chi connectivity index (χ0v) is 12.0. The highest BCUT2D eigenvalue weighted by molar-refractivity contribution is 4.92. The van der Waals surface area contributed by atoms with E-state index in [9.17, 15) is 0 Å². The summed E-state index contributed by atoms with van der Waals surface area (Å²) in [6.07, 6.45) is 8.80. The summed E-state index contributed by atoms with van der Waals surface area (Å²) in [5.41, 5.74) is 0.274. The van der Waals surface area contributed by atoms with Gasteiger partial charge in [-0.25, -0.2) is 0 Å². The molecule has 1 saturated heterocycles. The Labute approximate surface area is 107 Å². The minimum Gasteiger partial charge on any atom is -0.311 e. The quantitative estimate of drug-likeness (QED) is 0.792. The normalized spacial score (nSPS) is 28.1. The van der Waals surface area contributed by atoms with Crippen molar-refractivity contribution >= 4 is 0 Å². The molecule has 0 aromatic rings. The van der Waals surface area contributed by atoms with Crippen LogP contribution >= 0.6 is 0 Å². The molecule has 1 heterocycles. The van der Waals surface area contributed by atoms with E-state index in [4.69, 9.17) is 0 Å². The first-order valence-corrected chi connectivity index (χ1v) is 7.61. The molecule has 0 aromatic heterocycles. The van der Waals surface area contributed by atoms with Crippen LogP contribution in [-0.4, -0.2) is 36.1 Å². The van der Waals surface area contributed by atoms with Crippen LogP contribution in [0.5, 0.6) is 0 Å². The van der Waals surface area contributed by atoms with Crippen LogP contribution in [0.1, 0.15) is 59.3 Å². The maximum Gasteiger partial charge on any atom is 0.0252 e. The molecule has 1 unspecified atom stereocenters. The molecule has 0 amide bonds. The van der Waals surface area contributed by atoms with Crippen molar-refractivity contribution in [2.75, 3.05) is 19.6 Å². The van der Waals surface area contributed by atoms with Gasteiger partial charge in [0.15, 0.2) is 0 Å². The van der Waals surface area contributed by atoms with Gasteiger partial charge in [-0.3, -0.25) is 4.90 Å². The van der Waals surface area contributed by atoms with Crippen molar-refractivity contribution in [3.8, 4) is 0 Å². The average molecular weight is 238 g/mol. The molecular formula is C15H30N2. The number of nitrogens with one attached hydrogen (secondary N) is 1. The second-order valence-corrected chi connectivity index (χ2v) is 6.64. The van der Waals surface area contributed by atoms with Gasteiger partial charge in [-0.2, -0.15) is 0 Å². The van der Waals surface area contributed by atoms with E-state index >= 15 is 0 Å². The fourth-order valence-corrected chi connectivity index (χ4v) is 3.97. The van der Waals surface area contributed by atoms with Crippen LogP contribution in [0.4, 0.5) is 0 Å². The highest BCUT2D eigenvalue weighted by atomic mass is 15.2. The second-order valence-electron chi connectivity index (χ2n) is 6.64. The summed E-state index contributed by atoms with van der Waals surface area (Å²) in [5.74, 6) is 1.01. The van der Waals surface area contributed by atoms with Crippen LogP contribution in [0.2, 0.25) is 0 Å². The van der Waals surface area contributed by atoms with Gasteiger partial charge in [0.25, 0.3) is 0 Å². The van der Waals surface area contributed by atoms with Crippen LogP contribution in [0.25, 0.3) is 0 Å². The third-order valence-electron chi connectivity index (χ3n) is 4.61. The van der Waals surface area contributed by atoms with E-state index < -0.39 is 0 Å². The Morgan fingerprint density at radius 1 is 1.12 bits per heavy atom. The highest BCUT2D eigenvalue weighted by Crippen LogP contribution is 2.35. The Bertz CT molecular complexity index is 231. The van der Waals surface area contributed by atoms with Gasteiger partial charge >= 0.3 is 0 Å². The second kappa shape index (κ2) is 5.71. The number of hydrogen-bond acceptors (Lipinski definition) is 2. The lowest BCUT2D eigenvalue weighted by Gasteiger charge is -2.36. The molecule has 2 rings (SSSR count). The number of rotatable bonds is 5. The lowest BCUT2D eigenvalue weighted by Crippen LogP contribution is -2.51. The summed E-state index contributed by atoms with van der Waals surface area (Å²) in [6.45, 7) is 10.5. The molecule has 0 aromatic carbocycles.